The average Bonchev–Trinajstić information content (AvgIpc) is 2.99. The number of imidazole rings is 1. The van der Waals surface area contributed by atoms with Gasteiger partial charge in [-0.3, -0.25) is 4.90 Å². The van der Waals surface area contributed by atoms with Crippen molar-refractivity contribution in [2.45, 2.75) is 70.4 Å². The van der Waals surface area contributed by atoms with Crippen LogP contribution in [0.4, 0.5) is 10.5 Å². The van der Waals surface area contributed by atoms with Gasteiger partial charge in [0.05, 0.1) is 16.7 Å². The molecule has 0 spiro atoms. The summed E-state index contributed by atoms with van der Waals surface area (Å²) in [6.07, 6.45) is 5.14. The van der Waals surface area contributed by atoms with E-state index in [1.165, 1.54) is 10.5 Å². The summed E-state index contributed by atoms with van der Waals surface area (Å²) >= 11 is 0. The molecule has 2 aromatic carbocycles. The Bertz CT molecular complexity index is 1130. The minimum absolute atomic E-state index is 0.0149. The van der Waals surface area contributed by atoms with E-state index in [4.69, 9.17) is 4.98 Å². The van der Waals surface area contributed by atoms with Gasteiger partial charge in [0, 0.05) is 23.6 Å². The normalized spacial score (nSPS) is 22.1. The van der Waals surface area contributed by atoms with Gasteiger partial charge in [-0.25, -0.2) is 9.78 Å². The van der Waals surface area contributed by atoms with E-state index in [1.807, 2.05) is 13.0 Å². The van der Waals surface area contributed by atoms with E-state index in [-0.39, 0.29) is 12.0 Å². The second-order valence-electron chi connectivity index (χ2n) is 9.74. The van der Waals surface area contributed by atoms with Crippen molar-refractivity contribution in [2.24, 2.45) is 0 Å². The second-order valence-corrected chi connectivity index (χ2v) is 9.74. The molecule has 2 aliphatic heterocycles. The van der Waals surface area contributed by atoms with E-state index in [0.717, 1.165) is 79.7 Å². The van der Waals surface area contributed by atoms with Crippen LogP contribution in [0.15, 0.2) is 42.5 Å². The van der Waals surface area contributed by atoms with Gasteiger partial charge in [0.15, 0.2) is 0 Å². The second kappa shape index (κ2) is 9.18. The van der Waals surface area contributed by atoms with Gasteiger partial charge in [-0.05, 0) is 76.2 Å². The summed E-state index contributed by atoms with van der Waals surface area (Å²) in [7, 11) is 0. The summed E-state index contributed by atoms with van der Waals surface area (Å²) < 4.78 is 2.50. The Hall–Kier alpha value is -2.86. The monoisotopic (exact) mass is 446 g/mol. The standard InChI is InChI=1S/C27H34N4O2/c1-18(17-20-7-4-3-5-8-20)26-29-25-22-11-10-19(2)30(27(32)33)23(22)12-13-24(25)31(26)21-9-6-15-28-16-14-21/h3-5,7-8,12-13,18-19,21,28H,6,9-11,14-17H2,1-2H3,(H,32,33)/t18-,19+,21+/m1/s1. The molecule has 3 atom stereocenters. The maximum absolute atomic E-state index is 12.0. The third-order valence-electron chi connectivity index (χ3n) is 7.42. The molecule has 0 unspecified atom stereocenters. The summed E-state index contributed by atoms with van der Waals surface area (Å²) in [5.41, 5.74) is 5.38. The summed E-state index contributed by atoms with van der Waals surface area (Å²) in [6.45, 7) is 6.36. The fourth-order valence-electron chi connectivity index (χ4n) is 5.76. The molecular weight excluding hydrogens is 412 g/mol. The lowest BCUT2D eigenvalue weighted by Crippen LogP contribution is -2.41. The Morgan fingerprint density at radius 2 is 1.97 bits per heavy atom. The fraction of sp³-hybridized carbons (Fsp3) is 0.481. The number of aromatic nitrogens is 2. The van der Waals surface area contributed by atoms with Crippen LogP contribution in [0.25, 0.3) is 11.0 Å². The van der Waals surface area contributed by atoms with E-state index in [9.17, 15) is 9.90 Å². The van der Waals surface area contributed by atoms with Crippen molar-refractivity contribution < 1.29 is 9.90 Å². The van der Waals surface area contributed by atoms with Gasteiger partial charge in [0.1, 0.15) is 5.82 Å². The number of carbonyl (C=O) groups is 1. The van der Waals surface area contributed by atoms with E-state index >= 15 is 0 Å². The van der Waals surface area contributed by atoms with Gasteiger partial charge < -0.3 is 15.0 Å². The Morgan fingerprint density at radius 1 is 1.15 bits per heavy atom. The van der Waals surface area contributed by atoms with Crippen molar-refractivity contribution in [3.8, 4) is 0 Å². The molecule has 174 valence electrons. The van der Waals surface area contributed by atoms with Crippen LogP contribution in [-0.2, 0) is 12.8 Å². The highest BCUT2D eigenvalue weighted by Crippen LogP contribution is 2.39. The molecule has 0 aliphatic carbocycles. The van der Waals surface area contributed by atoms with E-state index in [1.54, 1.807) is 0 Å². The smallest absolute Gasteiger partial charge is 0.412 e. The van der Waals surface area contributed by atoms with Crippen LogP contribution in [0.3, 0.4) is 0 Å². The van der Waals surface area contributed by atoms with Crippen LogP contribution in [0.5, 0.6) is 0 Å². The van der Waals surface area contributed by atoms with Crippen molar-refractivity contribution in [3.63, 3.8) is 0 Å². The molecule has 5 rings (SSSR count). The topological polar surface area (TPSA) is 70.4 Å². The lowest BCUT2D eigenvalue weighted by molar-refractivity contribution is 0.198. The molecule has 1 saturated heterocycles. The zero-order chi connectivity index (χ0) is 22.9. The Kier molecular flexibility index (Phi) is 6.11. The molecule has 0 bridgehead atoms. The first-order valence-corrected chi connectivity index (χ1v) is 12.3. The van der Waals surface area contributed by atoms with E-state index < -0.39 is 6.09 Å². The van der Waals surface area contributed by atoms with Crippen molar-refractivity contribution in [2.75, 3.05) is 18.0 Å². The predicted molar refractivity (Wildman–Crippen MR) is 132 cm³/mol. The minimum Gasteiger partial charge on any atom is -0.465 e. The molecular formula is C27H34N4O2. The van der Waals surface area contributed by atoms with E-state index in [2.05, 4.69) is 53.2 Å². The van der Waals surface area contributed by atoms with Crippen molar-refractivity contribution in [3.05, 3.63) is 59.4 Å². The molecule has 2 N–H and O–H groups in total. The first kappa shape index (κ1) is 22.0. The highest BCUT2D eigenvalue weighted by molar-refractivity contribution is 5.94. The number of anilines is 1. The first-order valence-electron chi connectivity index (χ1n) is 12.3. The lowest BCUT2D eigenvalue weighted by Gasteiger charge is -2.33. The number of nitrogens with one attached hydrogen (secondary N) is 1. The Morgan fingerprint density at radius 3 is 2.76 bits per heavy atom. The van der Waals surface area contributed by atoms with Gasteiger partial charge >= 0.3 is 6.09 Å². The maximum Gasteiger partial charge on any atom is 0.412 e. The number of amides is 1. The summed E-state index contributed by atoms with van der Waals surface area (Å²) in [5.74, 6) is 1.40. The third kappa shape index (κ3) is 4.12. The molecule has 6 heteroatoms. The third-order valence-corrected chi connectivity index (χ3v) is 7.42. The maximum atomic E-state index is 12.0. The molecule has 0 saturated carbocycles. The Balaban J connectivity index is 1.64. The van der Waals surface area contributed by atoms with Gasteiger partial charge in [0.2, 0.25) is 0 Å². The quantitative estimate of drug-likeness (QED) is 0.554. The molecule has 2 aliphatic rings. The molecule has 3 heterocycles. The van der Waals surface area contributed by atoms with Crippen LogP contribution in [0.2, 0.25) is 0 Å². The molecule has 1 amide bonds. The predicted octanol–water partition coefficient (Wildman–Crippen LogP) is 5.52. The highest BCUT2D eigenvalue weighted by Gasteiger charge is 2.32. The Labute approximate surface area is 195 Å². The van der Waals surface area contributed by atoms with E-state index in [0.29, 0.717) is 6.04 Å². The van der Waals surface area contributed by atoms with Gasteiger partial charge in [-0.15, -0.1) is 0 Å². The van der Waals surface area contributed by atoms with Crippen molar-refractivity contribution >= 4 is 22.8 Å². The lowest BCUT2D eigenvalue weighted by atomic mass is 9.95. The largest absolute Gasteiger partial charge is 0.465 e. The van der Waals surface area contributed by atoms with Crippen LogP contribution in [-0.4, -0.2) is 39.9 Å². The number of hydrogen-bond acceptors (Lipinski definition) is 3. The van der Waals surface area contributed by atoms with Crippen molar-refractivity contribution in [1.29, 1.82) is 0 Å². The number of aryl methyl sites for hydroxylation is 1. The van der Waals surface area contributed by atoms with Crippen molar-refractivity contribution in [1.82, 2.24) is 14.9 Å². The number of nitrogens with zero attached hydrogens (tertiary/aromatic N) is 3. The fourth-order valence-corrected chi connectivity index (χ4v) is 5.76. The summed E-state index contributed by atoms with van der Waals surface area (Å²) in [5, 5.41) is 13.4. The van der Waals surface area contributed by atoms with Gasteiger partial charge in [-0.1, -0.05) is 37.3 Å². The molecule has 0 radical (unpaired) electrons. The number of benzene rings is 2. The average molecular weight is 447 g/mol. The van der Waals surface area contributed by atoms with Crippen LogP contribution < -0.4 is 10.2 Å². The zero-order valence-electron chi connectivity index (χ0n) is 19.6. The van der Waals surface area contributed by atoms with Crippen LogP contribution >= 0.6 is 0 Å². The minimum atomic E-state index is -0.880. The molecule has 6 nitrogen and oxygen atoms in total. The number of hydrogen-bond donors (Lipinski definition) is 2. The highest BCUT2D eigenvalue weighted by atomic mass is 16.4. The van der Waals surface area contributed by atoms with Crippen LogP contribution in [0.1, 0.15) is 68.4 Å². The van der Waals surface area contributed by atoms with Crippen LogP contribution in [0, 0.1) is 0 Å². The first-order chi connectivity index (χ1) is 16.0. The molecule has 1 fully saturated rings. The van der Waals surface area contributed by atoms with Gasteiger partial charge in [0.25, 0.3) is 0 Å². The van der Waals surface area contributed by atoms with Gasteiger partial charge in [-0.2, -0.15) is 0 Å². The number of fused-ring (bicyclic) bond motifs is 3. The molecule has 1 aromatic heterocycles. The molecule has 3 aromatic rings. The number of carboxylic acid groups (broad SMARTS) is 1. The summed E-state index contributed by atoms with van der Waals surface area (Å²) in [6, 6.07) is 15.2. The number of rotatable bonds is 4. The summed E-state index contributed by atoms with van der Waals surface area (Å²) in [4.78, 5) is 18.8. The zero-order valence-corrected chi connectivity index (χ0v) is 19.6. The SMILES string of the molecule is C[C@H](Cc1ccccc1)c1nc2c3c(ccc2n1[C@H]1CCCNCC1)N(C(=O)O)[C@@H](C)CC3. The molecule has 33 heavy (non-hydrogen) atoms.